The van der Waals surface area contributed by atoms with Crippen molar-refractivity contribution in [2.24, 2.45) is 0 Å². The van der Waals surface area contributed by atoms with Gasteiger partial charge in [0, 0.05) is 14.9 Å². The molecule has 7 nitrogen and oxygen atoms in total. The normalized spacial score (nSPS) is 11.1. The summed E-state index contributed by atoms with van der Waals surface area (Å²) in [6.07, 6.45) is 0. The third-order valence-corrected chi connectivity index (χ3v) is 5.38. The summed E-state index contributed by atoms with van der Waals surface area (Å²) >= 11 is 13.5. The van der Waals surface area contributed by atoms with E-state index in [2.05, 4.69) is 15.1 Å². The summed E-state index contributed by atoms with van der Waals surface area (Å²) in [6.45, 7) is 1.81. The first-order valence-corrected chi connectivity index (χ1v) is 9.89. The number of nitrogens with zero attached hydrogens (tertiary/aromatic N) is 4. The number of aromatic carboxylic acids is 1. The van der Waals surface area contributed by atoms with Crippen LogP contribution >= 0.6 is 35.0 Å². The van der Waals surface area contributed by atoms with Crippen molar-refractivity contribution in [1.29, 1.82) is 0 Å². The van der Waals surface area contributed by atoms with Crippen molar-refractivity contribution >= 4 is 57.8 Å². The van der Waals surface area contributed by atoms with Crippen LogP contribution in [0.3, 0.4) is 0 Å². The molecule has 0 spiro atoms. The highest BCUT2D eigenvalue weighted by Gasteiger charge is 2.17. The molecule has 10 heteroatoms. The molecule has 4 aromatic rings. The average molecular weight is 446 g/mol. The maximum Gasteiger partial charge on any atom is 0.335 e. The maximum atomic E-state index is 11.2. The molecule has 2 heterocycles. The summed E-state index contributed by atoms with van der Waals surface area (Å²) in [6, 6.07) is 11.6. The monoisotopic (exact) mass is 445 g/mol. The predicted octanol–water partition coefficient (Wildman–Crippen LogP) is 4.86. The zero-order valence-corrected chi connectivity index (χ0v) is 17.3. The standard InChI is InChI=1S/C19H13Cl2N5O2S/c1-9-15-16(22)23-19(29-14-4-2-3-10(5-14)18(27)28)24-17(15)26(25-9)13-7-11(20)6-12(21)8-13/h2-8H,1H3,(H,27,28)(H2,22,23,24). The number of halogens is 2. The third-order valence-electron chi connectivity index (χ3n) is 4.09. The van der Waals surface area contributed by atoms with Gasteiger partial charge in [0.05, 0.1) is 22.3 Å². The van der Waals surface area contributed by atoms with Crippen LogP contribution in [0.4, 0.5) is 5.82 Å². The molecule has 2 aromatic heterocycles. The predicted molar refractivity (Wildman–Crippen MR) is 113 cm³/mol. The van der Waals surface area contributed by atoms with E-state index in [9.17, 15) is 9.90 Å². The Balaban J connectivity index is 1.84. The van der Waals surface area contributed by atoms with Crippen LogP contribution in [-0.4, -0.2) is 30.8 Å². The lowest BCUT2D eigenvalue weighted by atomic mass is 10.2. The maximum absolute atomic E-state index is 11.2. The minimum absolute atomic E-state index is 0.179. The number of aryl methyl sites for hydroxylation is 1. The summed E-state index contributed by atoms with van der Waals surface area (Å²) in [5.41, 5.74) is 8.17. The van der Waals surface area contributed by atoms with Gasteiger partial charge in [0.15, 0.2) is 10.8 Å². The van der Waals surface area contributed by atoms with Crippen LogP contribution in [0.15, 0.2) is 52.5 Å². The molecule has 0 amide bonds. The molecule has 0 saturated carbocycles. The number of hydrogen-bond donors (Lipinski definition) is 2. The van der Waals surface area contributed by atoms with Crippen molar-refractivity contribution in [3.63, 3.8) is 0 Å². The van der Waals surface area contributed by atoms with Gasteiger partial charge in [-0.3, -0.25) is 0 Å². The van der Waals surface area contributed by atoms with Crippen LogP contribution in [0.2, 0.25) is 10.0 Å². The van der Waals surface area contributed by atoms with E-state index in [4.69, 9.17) is 28.9 Å². The smallest absolute Gasteiger partial charge is 0.335 e. The van der Waals surface area contributed by atoms with E-state index in [1.165, 1.54) is 17.8 Å². The highest BCUT2D eigenvalue weighted by atomic mass is 35.5. The van der Waals surface area contributed by atoms with E-state index in [1.807, 2.05) is 6.92 Å². The van der Waals surface area contributed by atoms with Gasteiger partial charge in [-0.1, -0.05) is 29.3 Å². The number of nitrogens with two attached hydrogens (primary N) is 1. The summed E-state index contributed by atoms with van der Waals surface area (Å²) in [5, 5.41) is 15.6. The first-order valence-electron chi connectivity index (χ1n) is 8.32. The Labute approximate surface area is 179 Å². The second-order valence-electron chi connectivity index (χ2n) is 6.15. The SMILES string of the molecule is Cc1nn(-c2cc(Cl)cc(Cl)c2)c2nc(Sc3cccc(C(=O)O)c3)nc(N)c12. The molecule has 0 unspecified atom stereocenters. The Morgan fingerprint density at radius 3 is 2.55 bits per heavy atom. The molecule has 29 heavy (non-hydrogen) atoms. The van der Waals surface area contributed by atoms with Gasteiger partial charge in [-0.15, -0.1) is 0 Å². The molecule has 146 valence electrons. The van der Waals surface area contributed by atoms with Gasteiger partial charge in [-0.25, -0.2) is 19.4 Å². The molecule has 0 aliphatic rings. The highest BCUT2D eigenvalue weighted by Crippen LogP contribution is 2.32. The number of fused-ring (bicyclic) bond motifs is 1. The lowest BCUT2D eigenvalue weighted by Crippen LogP contribution is -2.01. The van der Waals surface area contributed by atoms with Gasteiger partial charge in [0.25, 0.3) is 0 Å². The zero-order chi connectivity index (χ0) is 20.7. The van der Waals surface area contributed by atoms with Gasteiger partial charge >= 0.3 is 5.97 Å². The van der Waals surface area contributed by atoms with Gasteiger partial charge in [-0.2, -0.15) is 5.10 Å². The van der Waals surface area contributed by atoms with E-state index in [0.29, 0.717) is 42.5 Å². The number of aromatic nitrogens is 4. The minimum atomic E-state index is -1.00. The Bertz CT molecular complexity index is 1250. The number of nitrogen functional groups attached to an aromatic ring is 1. The van der Waals surface area contributed by atoms with E-state index in [0.717, 1.165) is 0 Å². The summed E-state index contributed by atoms with van der Waals surface area (Å²) in [4.78, 5) is 20.8. The molecule has 3 N–H and O–H groups in total. The molecule has 4 rings (SSSR count). The van der Waals surface area contributed by atoms with Crippen molar-refractivity contribution in [2.45, 2.75) is 17.0 Å². The minimum Gasteiger partial charge on any atom is -0.478 e. The number of carbonyl (C=O) groups is 1. The van der Waals surface area contributed by atoms with Gasteiger partial charge in [0.1, 0.15) is 5.82 Å². The van der Waals surface area contributed by atoms with Gasteiger partial charge < -0.3 is 10.8 Å². The van der Waals surface area contributed by atoms with Crippen molar-refractivity contribution in [3.8, 4) is 5.69 Å². The molecule has 2 aromatic carbocycles. The Morgan fingerprint density at radius 2 is 1.86 bits per heavy atom. The topological polar surface area (TPSA) is 107 Å². The number of benzene rings is 2. The number of anilines is 1. The fourth-order valence-electron chi connectivity index (χ4n) is 2.88. The average Bonchev–Trinajstić information content (AvgIpc) is 2.98. The van der Waals surface area contributed by atoms with Gasteiger partial charge in [0.2, 0.25) is 0 Å². The molecule has 0 saturated heterocycles. The molecule has 0 radical (unpaired) electrons. The van der Waals surface area contributed by atoms with E-state index in [1.54, 1.807) is 41.1 Å². The molecular weight excluding hydrogens is 433 g/mol. The lowest BCUT2D eigenvalue weighted by Gasteiger charge is -2.07. The second-order valence-corrected chi connectivity index (χ2v) is 8.06. The lowest BCUT2D eigenvalue weighted by molar-refractivity contribution is 0.0696. The first-order chi connectivity index (χ1) is 13.8. The fraction of sp³-hybridized carbons (Fsp3) is 0.0526. The molecule has 0 bridgehead atoms. The number of rotatable bonds is 4. The van der Waals surface area contributed by atoms with Crippen LogP contribution < -0.4 is 5.73 Å². The highest BCUT2D eigenvalue weighted by molar-refractivity contribution is 7.99. The third kappa shape index (κ3) is 3.87. The van der Waals surface area contributed by atoms with Crippen molar-refractivity contribution in [3.05, 3.63) is 63.8 Å². The van der Waals surface area contributed by atoms with Crippen molar-refractivity contribution in [1.82, 2.24) is 19.7 Å². The fourth-order valence-corrected chi connectivity index (χ4v) is 4.21. The first kappa shape index (κ1) is 19.5. The van der Waals surface area contributed by atoms with Crippen LogP contribution in [0.5, 0.6) is 0 Å². The number of carboxylic acid groups (broad SMARTS) is 1. The van der Waals surface area contributed by atoms with E-state index in [-0.39, 0.29) is 11.4 Å². The van der Waals surface area contributed by atoms with E-state index < -0.39 is 5.97 Å². The van der Waals surface area contributed by atoms with Crippen LogP contribution in [0.25, 0.3) is 16.7 Å². The molecular formula is C19H13Cl2N5O2S. The molecule has 0 atom stereocenters. The Hall–Kier alpha value is -2.81. The van der Waals surface area contributed by atoms with Crippen molar-refractivity contribution in [2.75, 3.05) is 5.73 Å². The summed E-state index contributed by atoms with van der Waals surface area (Å²) in [5.74, 6) is -0.723. The van der Waals surface area contributed by atoms with Crippen molar-refractivity contribution < 1.29 is 9.90 Å². The molecule has 0 aliphatic heterocycles. The Morgan fingerprint density at radius 1 is 1.14 bits per heavy atom. The second kappa shape index (κ2) is 7.55. The zero-order valence-electron chi connectivity index (χ0n) is 14.9. The van der Waals surface area contributed by atoms with E-state index >= 15 is 0 Å². The molecule has 0 fully saturated rings. The quantitative estimate of drug-likeness (QED) is 0.431. The largest absolute Gasteiger partial charge is 0.478 e. The Kier molecular flexibility index (Phi) is 5.08. The van der Waals surface area contributed by atoms with Crippen LogP contribution in [-0.2, 0) is 0 Å². The van der Waals surface area contributed by atoms with Crippen LogP contribution in [0, 0.1) is 6.92 Å². The van der Waals surface area contributed by atoms with Gasteiger partial charge in [-0.05, 0) is 55.1 Å². The molecule has 0 aliphatic carbocycles. The summed E-state index contributed by atoms with van der Waals surface area (Å²) < 4.78 is 1.61. The number of hydrogen-bond acceptors (Lipinski definition) is 6. The number of carboxylic acids is 1. The summed E-state index contributed by atoms with van der Waals surface area (Å²) in [7, 11) is 0. The van der Waals surface area contributed by atoms with Crippen LogP contribution in [0.1, 0.15) is 16.1 Å².